The smallest absolute Gasteiger partial charge is 0.246 e. The van der Waals surface area contributed by atoms with Crippen LogP contribution in [0.15, 0.2) is 40.6 Å². The number of hydrogen-bond donors (Lipinski definition) is 1. The predicted octanol–water partition coefficient (Wildman–Crippen LogP) is 3.87. The predicted molar refractivity (Wildman–Crippen MR) is 122 cm³/mol. The number of benzene rings is 1. The number of sulfonamides is 1. The number of thiophene rings is 1. The van der Waals surface area contributed by atoms with Crippen molar-refractivity contribution in [2.75, 3.05) is 33.7 Å². The lowest BCUT2D eigenvalue weighted by molar-refractivity contribution is -0.126. The van der Waals surface area contributed by atoms with E-state index in [4.69, 9.17) is 23.2 Å². The lowest BCUT2D eigenvalue weighted by Crippen LogP contribution is -2.44. The summed E-state index contributed by atoms with van der Waals surface area (Å²) in [7, 11) is 0.165. The Labute approximate surface area is 191 Å². The largest absolute Gasteiger partial charge is 0.354 e. The molecule has 164 valence electrons. The Hall–Kier alpha value is -1.16. The van der Waals surface area contributed by atoms with E-state index >= 15 is 0 Å². The van der Waals surface area contributed by atoms with Crippen LogP contribution in [-0.2, 0) is 14.8 Å². The zero-order valence-electron chi connectivity index (χ0n) is 16.8. The molecular formula is C20H25Cl2N3O3S2. The molecule has 0 spiro atoms. The average Bonchev–Trinajstić information content (AvgIpc) is 3.22. The van der Waals surface area contributed by atoms with E-state index in [-0.39, 0.29) is 45.9 Å². The first-order chi connectivity index (χ1) is 14.2. The van der Waals surface area contributed by atoms with Crippen molar-refractivity contribution in [2.24, 2.45) is 5.92 Å². The molecule has 1 N–H and O–H groups in total. The second-order valence-electron chi connectivity index (χ2n) is 7.47. The quantitative estimate of drug-likeness (QED) is 0.640. The molecule has 1 aromatic carbocycles. The Morgan fingerprint density at radius 2 is 1.83 bits per heavy atom. The van der Waals surface area contributed by atoms with Crippen LogP contribution in [0, 0.1) is 5.92 Å². The lowest BCUT2D eigenvalue weighted by atomic mass is 9.97. The number of rotatable bonds is 7. The number of piperidine rings is 1. The Morgan fingerprint density at radius 3 is 2.37 bits per heavy atom. The second kappa shape index (κ2) is 9.97. The Morgan fingerprint density at radius 1 is 1.20 bits per heavy atom. The molecule has 1 fully saturated rings. The van der Waals surface area contributed by atoms with Crippen LogP contribution in [-0.4, -0.2) is 57.3 Å². The highest BCUT2D eigenvalue weighted by molar-refractivity contribution is 7.89. The molecule has 1 aromatic heterocycles. The van der Waals surface area contributed by atoms with Gasteiger partial charge in [0.15, 0.2) is 0 Å². The van der Waals surface area contributed by atoms with Crippen LogP contribution in [0.1, 0.15) is 23.8 Å². The number of nitrogens with zero attached hydrogens (tertiary/aromatic N) is 2. The van der Waals surface area contributed by atoms with Crippen molar-refractivity contribution in [3.63, 3.8) is 0 Å². The van der Waals surface area contributed by atoms with Gasteiger partial charge in [-0.05, 0) is 50.5 Å². The molecule has 3 rings (SSSR count). The highest BCUT2D eigenvalue weighted by Crippen LogP contribution is 2.33. The van der Waals surface area contributed by atoms with Crippen LogP contribution in [0.4, 0.5) is 0 Å². The van der Waals surface area contributed by atoms with Gasteiger partial charge < -0.3 is 10.2 Å². The van der Waals surface area contributed by atoms with E-state index in [2.05, 4.69) is 16.3 Å². The minimum atomic E-state index is -3.81. The third kappa shape index (κ3) is 5.18. The molecule has 0 unspecified atom stereocenters. The minimum absolute atomic E-state index is 0.0359. The maximum absolute atomic E-state index is 13.0. The van der Waals surface area contributed by atoms with Crippen molar-refractivity contribution in [3.8, 4) is 0 Å². The van der Waals surface area contributed by atoms with Crippen LogP contribution in [0.3, 0.4) is 0 Å². The van der Waals surface area contributed by atoms with Gasteiger partial charge in [0, 0.05) is 30.4 Å². The molecule has 1 saturated heterocycles. The Balaban J connectivity index is 1.59. The van der Waals surface area contributed by atoms with Crippen LogP contribution < -0.4 is 5.32 Å². The number of nitrogens with one attached hydrogen (secondary N) is 1. The number of halogens is 2. The summed E-state index contributed by atoms with van der Waals surface area (Å²) in [6.07, 6.45) is 0.914. The van der Waals surface area contributed by atoms with Crippen LogP contribution >= 0.6 is 34.5 Å². The zero-order chi connectivity index (χ0) is 21.9. The molecule has 6 nitrogen and oxygen atoms in total. The van der Waals surface area contributed by atoms with Crippen LogP contribution in [0.5, 0.6) is 0 Å². The topological polar surface area (TPSA) is 69.7 Å². The summed E-state index contributed by atoms with van der Waals surface area (Å²) in [5.74, 6) is -0.254. The molecule has 1 aliphatic rings. The number of carbonyl (C=O) groups excluding carboxylic acids is 1. The Kier molecular flexibility index (Phi) is 7.81. The Bertz CT molecular complexity index is 953. The lowest BCUT2D eigenvalue weighted by Gasteiger charge is -2.31. The average molecular weight is 490 g/mol. The van der Waals surface area contributed by atoms with Crippen LogP contribution in [0.25, 0.3) is 0 Å². The molecule has 0 bridgehead atoms. The summed E-state index contributed by atoms with van der Waals surface area (Å²) in [5, 5.41) is 5.27. The molecular weight excluding hydrogens is 465 g/mol. The summed E-state index contributed by atoms with van der Waals surface area (Å²) < 4.78 is 27.3. The normalized spacial score (nSPS) is 17.2. The van der Waals surface area contributed by atoms with Gasteiger partial charge in [-0.25, -0.2) is 8.42 Å². The van der Waals surface area contributed by atoms with Crippen molar-refractivity contribution in [3.05, 3.63) is 50.6 Å². The molecule has 1 aliphatic heterocycles. The first kappa shape index (κ1) is 23.5. The van der Waals surface area contributed by atoms with E-state index in [0.717, 1.165) is 0 Å². The maximum Gasteiger partial charge on any atom is 0.246 e. The maximum atomic E-state index is 13.0. The fourth-order valence-corrected chi connectivity index (χ4v) is 7.06. The summed E-state index contributed by atoms with van der Waals surface area (Å²) in [6, 6.07) is 8.80. The number of likely N-dealkylation sites (N-methyl/N-ethyl adjacent to an activating group) is 1. The van der Waals surface area contributed by atoms with Gasteiger partial charge in [0.25, 0.3) is 0 Å². The van der Waals surface area contributed by atoms with Crippen molar-refractivity contribution < 1.29 is 13.2 Å². The van der Waals surface area contributed by atoms with Gasteiger partial charge in [-0.2, -0.15) is 4.31 Å². The fourth-order valence-electron chi connectivity index (χ4n) is 3.58. The minimum Gasteiger partial charge on any atom is -0.354 e. The monoisotopic (exact) mass is 489 g/mol. The second-order valence-corrected chi connectivity index (χ2v) is 11.1. The van der Waals surface area contributed by atoms with Crippen molar-refractivity contribution >= 4 is 50.5 Å². The van der Waals surface area contributed by atoms with E-state index in [9.17, 15) is 13.2 Å². The molecule has 0 aliphatic carbocycles. The van der Waals surface area contributed by atoms with E-state index in [1.807, 2.05) is 25.5 Å². The van der Waals surface area contributed by atoms with Crippen molar-refractivity contribution in [1.82, 2.24) is 14.5 Å². The summed E-state index contributed by atoms with van der Waals surface area (Å²) in [4.78, 5) is 15.9. The first-order valence-electron chi connectivity index (χ1n) is 9.63. The standard InChI is InChI=1S/C20H25Cl2N3O3S2/c1-24(2)17(18-7-4-12-29-18)13-23-20(26)14-8-10-25(11-9-14)30(27,28)19-15(21)5-3-6-16(19)22/h3-7,12,14,17H,8-11,13H2,1-2H3,(H,23,26)/t17-/m1/s1. The SMILES string of the molecule is CN(C)[C@H](CNC(=O)C1CCN(S(=O)(=O)c2c(Cl)cccc2Cl)CC1)c1cccs1. The molecule has 0 radical (unpaired) electrons. The third-order valence-electron chi connectivity index (χ3n) is 5.31. The number of amides is 1. The fraction of sp³-hybridized carbons (Fsp3) is 0.450. The van der Waals surface area contributed by atoms with Gasteiger partial charge in [-0.3, -0.25) is 4.79 Å². The third-order valence-corrected chi connectivity index (χ3v) is 9.13. The van der Waals surface area contributed by atoms with Crippen molar-refractivity contribution in [2.45, 2.75) is 23.8 Å². The zero-order valence-corrected chi connectivity index (χ0v) is 20.0. The number of carbonyl (C=O) groups is 1. The highest BCUT2D eigenvalue weighted by Gasteiger charge is 2.34. The first-order valence-corrected chi connectivity index (χ1v) is 12.7. The highest BCUT2D eigenvalue weighted by atomic mass is 35.5. The van der Waals surface area contributed by atoms with Gasteiger partial charge in [-0.15, -0.1) is 11.3 Å². The van der Waals surface area contributed by atoms with E-state index in [0.29, 0.717) is 19.4 Å². The summed E-state index contributed by atoms with van der Waals surface area (Å²) in [5.41, 5.74) is 0. The molecule has 2 heterocycles. The van der Waals surface area contributed by atoms with Crippen molar-refractivity contribution in [1.29, 1.82) is 0 Å². The molecule has 10 heteroatoms. The van der Waals surface area contributed by atoms with Gasteiger partial charge >= 0.3 is 0 Å². The van der Waals surface area contributed by atoms with Gasteiger partial charge in [0.1, 0.15) is 4.90 Å². The van der Waals surface area contributed by atoms with Gasteiger partial charge in [-0.1, -0.05) is 35.3 Å². The molecule has 30 heavy (non-hydrogen) atoms. The molecule has 1 amide bonds. The summed E-state index contributed by atoms with van der Waals surface area (Å²) in [6.45, 7) is 1.02. The molecule has 1 atom stereocenters. The number of hydrogen-bond acceptors (Lipinski definition) is 5. The van der Waals surface area contributed by atoms with Crippen LogP contribution in [0.2, 0.25) is 10.0 Å². The van der Waals surface area contributed by atoms with E-state index in [1.54, 1.807) is 17.4 Å². The molecule has 2 aromatic rings. The molecule has 0 saturated carbocycles. The van der Waals surface area contributed by atoms with Gasteiger partial charge in [0.05, 0.1) is 16.1 Å². The van der Waals surface area contributed by atoms with E-state index < -0.39 is 10.0 Å². The van der Waals surface area contributed by atoms with Gasteiger partial charge in [0.2, 0.25) is 15.9 Å². The van der Waals surface area contributed by atoms with E-state index in [1.165, 1.54) is 21.3 Å². The summed E-state index contributed by atoms with van der Waals surface area (Å²) >= 11 is 13.8.